The number of hydrogen-bond acceptors (Lipinski definition) is 9. The highest BCUT2D eigenvalue weighted by Gasteiger charge is 2.39. The van der Waals surface area contributed by atoms with E-state index in [2.05, 4.69) is 36.9 Å². The molecule has 192 valence electrons. The minimum atomic E-state index is -4.34. The van der Waals surface area contributed by atoms with Crippen LogP contribution < -0.4 is 16.0 Å². The van der Waals surface area contributed by atoms with Gasteiger partial charge >= 0.3 is 6.18 Å². The SMILES string of the molecule is CN(c1nc(N)nc2sc(CC(F)(F)F)cc12)[C@H]1C[C@@H](NCC2=C=C=C(n3ccnc3)C=C2)C[C@H]1N=O. The third-order valence-corrected chi connectivity index (χ3v) is 7.46. The first-order valence-electron chi connectivity index (χ1n) is 11.5. The van der Waals surface area contributed by atoms with E-state index in [0.29, 0.717) is 35.4 Å². The van der Waals surface area contributed by atoms with Crippen LogP contribution in [-0.2, 0) is 6.42 Å². The molecule has 3 atom stereocenters. The number of aromatic nitrogens is 4. The molecule has 0 unspecified atom stereocenters. The molecule has 2 aliphatic carbocycles. The number of nitrogens with two attached hydrogens (primary N) is 1. The predicted molar refractivity (Wildman–Crippen MR) is 136 cm³/mol. The van der Waals surface area contributed by atoms with Gasteiger partial charge in [-0.05, 0) is 36.8 Å². The maximum Gasteiger partial charge on any atom is 0.393 e. The fourth-order valence-corrected chi connectivity index (χ4v) is 5.75. The molecule has 1 fully saturated rings. The highest BCUT2D eigenvalue weighted by atomic mass is 32.1. The number of alkyl halides is 3. The van der Waals surface area contributed by atoms with Crippen LogP contribution in [0.2, 0.25) is 0 Å². The van der Waals surface area contributed by atoms with Gasteiger partial charge in [-0.25, -0.2) is 9.97 Å². The molecule has 3 N–H and O–H groups in total. The zero-order chi connectivity index (χ0) is 26.2. The Bertz CT molecular complexity index is 1450. The molecule has 37 heavy (non-hydrogen) atoms. The number of likely N-dealkylation sites (N-methyl/N-ethyl adjacent to an activating group) is 1. The molecule has 3 aromatic rings. The van der Waals surface area contributed by atoms with Crippen LogP contribution >= 0.6 is 11.3 Å². The second-order valence-corrected chi connectivity index (χ2v) is 10.1. The monoisotopic (exact) mass is 528 g/mol. The number of nitroso groups, excluding NO2 is 1. The number of anilines is 2. The number of allylic oxidation sites excluding steroid dienone is 2. The maximum atomic E-state index is 12.9. The van der Waals surface area contributed by atoms with Crippen molar-refractivity contribution in [2.75, 3.05) is 24.2 Å². The Morgan fingerprint density at radius 2 is 2.14 bits per heavy atom. The molecule has 9 nitrogen and oxygen atoms in total. The Morgan fingerprint density at radius 3 is 2.81 bits per heavy atom. The zero-order valence-corrected chi connectivity index (χ0v) is 20.6. The van der Waals surface area contributed by atoms with E-state index in [1.165, 1.54) is 6.07 Å². The van der Waals surface area contributed by atoms with Crippen LogP contribution in [0.3, 0.4) is 0 Å². The Labute approximate surface area is 213 Å². The van der Waals surface area contributed by atoms with Crippen LogP contribution in [0.4, 0.5) is 24.9 Å². The Morgan fingerprint density at radius 1 is 1.30 bits per heavy atom. The van der Waals surface area contributed by atoms with Gasteiger partial charge in [-0.2, -0.15) is 23.1 Å². The number of imidazole rings is 1. The van der Waals surface area contributed by atoms with Crippen molar-refractivity contribution >= 4 is 39.0 Å². The number of hydrogen-bond donors (Lipinski definition) is 2. The number of thiophene rings is 1. The van der Waals surface area contributed by atoms with Crippen LogP contribution in [0.15, 0.2) is 59.2 Å². The highest BCUT2D eigenvalue weighted by Crippen LogP contribution is 2.37. The van der Waals surface area contributed by atoms with E-state index < -0.39 is 18.6 Å². The van der Waals surface area contributed by atoms with E-state index in [1.54, 1.807) is 24.5 Å². The lowest BCUT2D eigenvalue weighted by Gasteiger charge is -2.28. The molecular weight excluding hydrogens is 505 g/mol. The fourth-order valence-electron chi connectivity index (χ4n) is 4.69. The predicted octanol–water partition coefficient (Wildman–Crippen LogP) is 4.06. The number of fused-ring (bicyclic) bond motifs is 1. The molecule has 0 bridgehead atoms. The van der Waals surface area contributed by atoms with Crippen molar-refractivity contribution in [3.05, 3.63) is 63.8 Å². The normalized spacial score (nSPS) is 21.4. The Kier molecular flexibility index (Phi) is 6.70. The molecule has 5 rings (SSSR count). The molecule has 3 aromatic heterocycles. The van der Waals surface area contributed by atoms with E-state index >= 15 is 0 Å². The summed E-state index contributed by atoms with van der Waals surface area (Å²) in [6.07, 6.45) is 4.79. The number of nitrogens with zero attached hydrogens (tertiary/aromatic N) is 6. The van der Waals surface area contributed by atoms with Crippen molar-refractivity contribution in [1.82, 2.24) is 24.8 Å². The molecule has 0 spiro atoms. The fraction of sp³-hybridized carbons (Fsp3) is 0.375. The lowest BCUT2D eigenvalue weighted by atomic mass is 10.1. The lowest BCUT2D eigenvalue weighted by Crippen LogP contribution is -2.38. The van der Waals surface area contributed by atoms with Crippen LogP contribution in [0, 0.1) is 4.91 Å². The van der Waals surface area contributed by atoms with E-state index in [0.717, 1.165) is 22.6 Å². The van der Waals surface area contributed by atoms with Gasteiger partial charge in [0.05, 0.1) is 29.9 Å². The molecule has 1 saturated carbocycles. The standard InChI is InChI=1S/C24H23F3N8OS/c1-34(21-18-10-17(11-24(25,26)27)37-22(18)32-23(28)31-21)20-9-15(8-19(20)33-36)30-12-14-2-4-16(5-3-14)35-7-6-29-13-35/h2,4,6-7,10,13,15,19-20,30H,8-9,11-12H2,1H3,(H2,28,31,32)/t15-,19+,20-/m0/s1. The van der Waals surface area contributed by atoms with Crippen molar-refractivity contribution in [3.8, 4) is 0 Å². The largest absolute Gasteiger partial charge is 0.393 e. The molecular formula is C24H23F3N8OS. The van der Waals surface area contributed by atoms with Gasteiger partial charge in [0.15, 0.2) is 0 Å². The molecule has 0 aliphatic heterocycles. The van der Waals surface area contributed by atoms with Crippen LogP contribution in [0.1, 0.15) is 17.7 Å². The lowest BCUT2D eigenvalue weighted by molar-refractivity contribution is -0.126. The third kappa shape index (κ3) is 5.50. The molecule has 13 heteroatoms. The van der Waals surface area contributed by atoms with Gasteiger partial charge < -0.3 is 16.0 Å². The second-order valence-electron chi connectivity index (χ2n) is 8.99. The average molecular weight is 529 g/mol. The zero-order valence-electron chi connectivity index (χ0n) is 19.7. The minimum absolute atomic E-state index is 0.00480. The number of nitrogen functional groups attached to an aromatic ring is 1. The van der Waals surface area contributed by atoms with Crippen LogP contribution in [0.5, 0.6) is 0 Å². The highest BCUT2D eigenvalue weighted by molar-refractivity contribution is 7.18. The molecule has 0 saturated heterocycles. The minimum Gasteiger partial charge on any atom is -0.368 e. The smallest absolute Gasteiger partial charge is 0.368 e. The Hall–Kier alpha value is -3.76. The quantitative estimate of drug-likeness (QED) is 0.335. The van der Waals surface area contributed by atoms with Gasteiger partial charge in [0, 0.05) is 42.5 Å². The van der Waals surface area contributed by atoms with Gasteiger partial charge in [-0.3, -0.25) is 4.57 Å². The first kappa shape index (κ1) is 24.9. The van der Waals surface area contributed by atoms with Crippen molar-refractivity contribution in [1.29, 1.82) is 0 Å². The van der Waals surface area contributed by atoms with E-state index in [4.69, 9.17) is 5.73 Å². The summed E-state index contributed by atoms with van der Waals surface area (Å²) in [5.74, 6) is 0.355. The van der Waals surface area contributed by atoms with Gasteiger partial charge in [0.25, 0.3) is 0 Å². The topological polar surface area (TPSA) is 114 Å². The molecule has 0 amide bonds. The van der Waals surface area contributed by atoms with Gasteiger partial charge in [-0.1, -0.05) is 10.9 Å². The van der Waals surface area contributed by atoms with Crippen LogP contribution in [-0.4, -0.2) is 57.4 Å². The molecule has 0 aromatic carbocycles. The van der Waals surface area contributed by atoms with Crippen molar-refractivity contribution in [3.63, 3.8) is 0 Å². The number of halogens is 3. The third-order valence-electron chi connectivity index (χ3n) is 6.44. The van der Waals surface area contributed by atoms with E-state index in [-0.39, 0.29) is 22.9 Å². The number of rotatable bonds is 8. The summed E-state index contributed by atoms with van der Waals surface area (Å²) >= 11 is 0.939. The van der Waals surface area contributed by atoms with Crippen molar-refractivity contribution < 1.29 is 13.2 Å². The second kappa shape index (κ2) is 9.95. The van der Waals surface area contributed by atoms with Crippen molar-refractivity contribution in [2.45, 2.75) is 43.6 Å². The van der Waals surface area contributed by atoms with Crippen molar-refractivity contribution in [2.24, 2.45) is 5.18 Å². The summed E-state index contributed by atoms with van der Waals surface area (Å²) in [7, 11) is 1.76. The summed E-state index contributed by atoms with van der Waals surface area (Å²) in [6.45, 7) is 0.531. The summed E-state index contributed by atoms with van der Waals surface area (Å²) in [5.41, 5.74) is 13.9. The summed E-state index contributed by atoms with van der Waals surface area (Å²) < 4.78 is 40.7. The number of nitrogens with one attached hydrogen (secondary N) is 1. The summed E-state index contributed by atoms with van der Waals surface area (Å²) in [5, 5.41) is 7.27. The summed E-state index contributed by atoms with van der Waals surface area (Å²) in [6, 6.07) is 0.612. The van der Waals surface area contributed by atoms with Gasteiger partial charge in [0.1, 0.15) is 16.7 Å². The summed E-state index contributed by atoms with van der Waals surface area (Å²) in [4.78, 5) is 26.5. The van der Waals surface area contributed by atoms with E-state index in [1.807, 2.05) is 22.9 Å². The molecule has 0 radical (unpaired) electrons. The molecule has 2 aliphatic rings. The average Bonchev–Trinajstić information content (AvgIpc) is 3.60. The first-order valence-corrected chi connectivity index (χ1v) is 12.3. The van der Waals surface area contributed by atoms with E-state index in [9.17, 15) is 18.1 Å². The maximum absolute atomic E-state index is 12.9. The first-order chi connectivity index (χ1) is 17.7. The Balaban J connectivity index is 1.32. The van der Waals surface area contributed by atoms with Gasteiger partial charge in [-0.15, -0.1) is 11.3 Å². The van der Waals surface area contributed by atoms with Crippen LogP contribution in [0.25, 0.3) is 15.9 Å². The van der Waals surface area contributed by atoms with Gasteiger partial charge in [0.2, 0.25) is 5.95 Å². The molecule has 3 heterocycles.